The minimum atomic E-state index is 0.0720. The van der Waals surface area contributed by atoms with E-state index in [0.29, 0.717) is 11.8 Å². The lowest BCUT2D eigenvalue weighted by molar-refractivity contribution is -0.633. The highest BCUT2D eigenvalue weighted by atomic mass is 15.2. The van der Waals surface area contributed by atoms with Gasteiger partial charge in [0.2, 0.25) is 0 Å². The van der Waals surface area contributed by atoms with Crippen molar-refractivity contribution in [2.24, 2.45) is 7.05 Å². The summed E-state index contributed by atoms with van der Waals surface area (Å²) in [4.78, 5) is 0. The summed E-state index contributed by atoms with van der Waals surface area (Å²) in [7, 11) is 2.24. The third kappa shape index (κ3) is 4.88. The van der Waals surface area contributed by atoms with Gasteiger partial charge < -0.3 is 0 Å². The van der Waals surface area contributed by atoms with E-state index in [0.717, 1.165) is 0 Å². The Bertz CT molecular complexity index is 1420. The van der Waals surface area contributed by atoms with E-state index in [4.69, 9.17) is 0 Å². The lowest BCUT2D eigenvalue weighted by atomic mass is 9.85. The van der Waals surface area contributed by atoms with Crippen LogP contribution < -0.4 is 4.57 Å². The first-order valence-corrected chi connectivity index (χ1v) is 13.9. The van der Waals surface area contributed by atoms with Crippen molar-refractivity contribution in [2.45, 2.75) is 98.8 Å². The van der Waals surface area contributed by atoms with Gasteiger partial charge in [0, 0.05) is 11.1 Å². The van der Waals surface area contributed by atoms with Gasteiger partial charge >= 0.3 is 0 Å². The molecule has 1 aromatic heterocycles. The van der Waals surface area contributed by atoms with Crippen molar-refractivity contribution in [2.75, 3.05) is 0 Å². The van der Waals surface area contributed by atoms with Crippen molar-refractivity contribution in [1.29, 1.82) is 0 Å². The Kier molecular flexibility index (Phi) is 6.95. The minimum Gasteiger partial charge on any atom is -0.225 e. The molecular formula is C35H47N2+. The number of hydrogen-bond acceptors (Lipinski definition) is 0. The predicted octanol–water partition coefficient (Wildman–Crippen LogP) is 9.27. The van der Waals surface area contributed by atoms with E-state index in [2.05, 4.69) is 147 Å². The fraction of sp³-hybridized carbons (Fsp3) is 0.457. The molecule has 0 saturated carbocycles. The zero-order valence-corrected chi connectivity index (χ0v) is 25.2. The van der Waals surface area contributed by atoms with E-state index in [1.807, 2.05) is 0 Å². The number of para-hydroxylation sites is 1. The van der Waals surface area contributed by atoms with Crippen molar-refractivity contribution in [1.82, 2.24) is 4.57 Å². The van der Waals surface area contributed by atoms with E-state index in [1.165, 1.54) is 55.9 Å². The van der Waals surface area contributed by atoms with Crippen LogP contribution in [0.1, 0.15) is 109 Å². The van der Waals surface area contributed by atoms with Gasteiger partial charge in [-0.2, -0.15) is 4.57 Å². The lowest BCUT2D eigenvalue weighted by Gasteiger charge is -2.21. The van der Waals surface area contributed by atoms with Gasteiger partial charge in [0.25, 0.3) is 5.82 Å². The average Bonchev–Trinajstić information content (AvgIpc) is 3.08. The molecule has 0 aliphatic heterocycles. The van der Waals surface area contributed by atoms with Gasteiger partial charge in [-0.25, -0.2) is 4.57 Å². The zero-order chi connectivity index (χ0) is 27.4. The van der Waals surface area contributed by atoms with Crippen LogP contribution in [0.3, 0.4) is 0 Å². The highest BCUT2D eigenvalue weighted by molar-refractivity contribution is 5.82. The van der Waals surface area contributed by atoms with Crippen LogP contribution in [0.2, 0.25) is 0 Å². The van der Waals surface area contributed by atoms with Crippen LogP contribution in [0, 0.1) is 6.92 Å². The number of aromatic nitrogens is 2. The summed E-state index contributed by atoms with van der Waals surface area (Å²) in [6.45, 7) is 25.4. The maximum atomic E-state index is 2.59. The third-order valence-electron chi connectivity index (χ3n) is 7.88. The average molecular weight is 496 g/mol. The Labute approximate surface area is 225 Å². The second-order valence-electron chi connectivity index (χ2n) is 13.5. The van der Waals surface area contributed by atoms with Gasteiger partial charge in [-0.3, -0.25) is 0 Å². The monoisotopic (exact) mass is 495 g/mol. The molecule has 0 aliphatic rings. The van der Waals surface area contributed by atoms with Gasteiger partial charge in [0.15, 0.2) is 11.0 Å². The molecule has 0 spiro atoms. The van der Waals surface area contributed by atoms with E-state index in [1.54, 1.807) is 0 Å². The van der Waals surface area contributed by atoms with Gasteiger partial charge in [-0.15, -0.1) is 0 Å². The largest absolute Gasteiger partial charge is 0.295 e. The second-order valence-corrected chi connectivity index (χ2v) is 13.5. The van der Waals surface area contributed by atoms with E-state index in [9.17, 15) is 0 Å². The molecule has 196 valence electrons. The molecule has 0 saturated heterocycles. The predicted molar refractivity (Wildman–Crippen MR) is 160 cm³/mol. The molecule has 0 radical (unpaired) electrons. The van der Waals surface area contributed by atoms with Crippen LogP contribution in [0.25, 0.3) is 28.1 Å². The Hall–Kier alpha value is -2.87. The number of benzene rings is 3. The summed E-state index contributed by atoms with van der Waals surface area (Å²) in [5.74, 6) is 2.08. The first kappa shape index (κ1) is 27.2. The summed E-state index contributed by atoms with van der Waals surface area (Å²) in [6, 6.07) is 21.0. The molecule has 0 fully saturated rings. The lowest BCUT2D eigenvalue weighted by Crippen LogP contribution is -2.31. The van der Waals surface area contributed by atoms with Crippen LogP contribution in [0.5, 0.6) is 0 Å². The minimum absolute atomic E-state index is 0.0720. The molecule has 0 unspecified atom stereocenters. The molecular weight excluding hydrogens is 448 g/mol. The van der Waals surface area contributed by atoms with E-state index >= 15 is 0 Å². The molecule has 4 aromatic rings. The van der Waals surface area contributed by atoms with Crippen LogP contribution in [-0.2, 0) is 17.9 Å². The van der Waals surface area contributed by atoms with Gasteiger partial charge in [-0.05, 0) is 64.5 Å². The normalized spacial score (nSPS) is 12.8. The van der Waals surface area contributed by atoms with Crippen LogP contribution in [0.4, 0.5) is 0 Å². The van der Waals surface area contributed by atoms with Gasteiger partial charge in [0.1, 0.15) is 5.69 Å². The molecule has 0 atom stereocenters. The Morgan fingerprint density at radius 3 is 1.73 bits per heavy atom. The van der Waals surface area contributed by atoms with Crippen molar-refractivity contribution in [3.63, 3.8) is 0 Å². The fourth-order valence-electron chi connectivity index (χ4n) is 5.46. The number of rotatable bonds is 4. The standard InChI is InChI=1S/C35H47N2/c1-22(2)27-14-13-15-28(23(3)4)32(27)37-31-21-26(35(9,10)11)18-19-30(31)36(12)33(37)29-20-25(34(6,7)8)17-16-24(29)5/h13-23H,1-12H3/q+1. The molecule has 1 heterocycles. The Balaban J connectivity index is 2.26. The number of imidazole rings is 1. The summed E-state index contributed by atoms with van der Waals surface area (Å²) < 4.78 is 5.00. The Morgan fingerprint density at radius 1 is 0.703 bits per heavy atom. The smallest absolute Gasteiger partial charge is 0.225 e. The molecule has 0 amide bonds. The summed E-state index contributed by atoms with van der Waals surface area (Å²) >= 11 is 0. The quantitative estimate of drug-likeness (QED) is 0.249. The van der Waals surface area contributed by atoms with Crippen LogP contribution >= 0.6 is 0 Å². The van der Waals surface area contributed by atoms with Crippen molar-refractivity contribution >= 4 is 11.0 Å². The summed E-state index contributed by atoms with van der Waals surface area (Å²) in [5, 5.41) is 0. The van der Waals surface area contributed by atoms with Crippen LogP contribution in [-0.4, -0.2) is 4.57 Å². The number of hydrogen-bond donors (Lipinski definition) is 0. The second kappa shape index (κ2) is 9.46. The number of aryl methyl sites for hydroxylation is 2. The summed E-state index contributed by atoms with van der Waals surface area (Å²) in [5.41, 5.74) is 12.2. The molecule has 2 nitrogen and oxygen atoms in total. The maximum Gasteiger partial charge on any atom is 0.295 e. The van der Waals surface area contributed by atoms with Crippen molar-refractivity contribution < 1.29 is 4.57 Å². The van der Waals surface area contributed by atoms with Crippen molar-refractivity contribution in [3.8, 4) is 17.1 Å². The number of fused-ring (bicyclic) bond motifs is 1. The van der Waals surface area contributed by atoms with E-state index < -0.39 is 0 Å². The molecule has 0 bridgehead atoms. The molecule has 3 aromatic carbocycles. The SMILES string of the molecule is Cc1ccc(C(C)(C)C)cc1-c1n(-c2c(C(C)C)cccc2C(C)C)c2cc(C(C)(C)C)ccc2[n+]1C. The molecule has 2 heteroatoms. The number of nitrogens with zero attached hydrogens (tertiary/aromatic N) is 2. The Morgan fingerprint density at radius 2 is 1.22 bits per heavy atom. The maximum absolute atomic E-state index is 2.59. The topological polar surface area (TPSA) is 8.81 Å². The highest BCUT2D eigenvalue weighted by Gasteiger charge is 2.33. The third-order valence-corrected chi connectivity index (χ3v) is 7.88. The molecule has 37 heavy (non-hydrogen) atoms. The molecule has 0 N–H and O–H groups in total. The first-order chi connectivity index (χ1) is 17.1. The van der Waals surface area contributed by atoms with Gasteiger partial charge in [0.05, 0.1) is 12.6 Å². The molecule has 4 rings (SSSR count). The summed E-state index contributed by atoms with van der Waals surface area (Å²) in [6.07, 6.45) is 0. The van der Waals surface area contributed by atoms with E-state index in [-0.39, 0.29) is 10.8 Å². The first-order valence-electron chi connectivity index (χ1n) is 13.9. The van der Waals surface area contributed by atoms with Crippen LogP contribution in [0.15, 0.2) is 54.6 Å². The van der Waals surface area contributed by atoms with Crippen molar-refractivity contribution in [3.05, 3.63) is 82.4 Å². The fourth-order valence-corrected chi connectivity index (χ4v) is 5.46. The molecule has 0 aliphatic carbocycles. The van der Waals surface area contributed by atoms with Gasteiger partial charge in [-0.1, -0.05) is 106 Å². The highest BCUT2D eigenvalue weighted by Crippen LogP contribution is 2.39. The zero-order valence-electron chi connectivity index (χ0n) is 25.2.